The van der Waals surface area contributed by atoms with Crippen molar-refractivity contribution in [3.8, 4) is 0 Å². The number of hydrogen-bond donors (Lipinski definition) is 0. The Morgan fingerprint density at radius 2 is 1.68 bits per heavy atom. The smallest absolute Gasteiger partial charge is 0.410 e. The van der Waals surface area contributed by atoms with Crippen molar-refractivity contribution in [2.75, 3.05) is 39.3 Å². The Bertz CT molecular complexity index is 923. The number of halogens is 1. The van der Waals surface area contributed by atoms with E-state index in [-0.39, 0.29) is 42.9 Å². The van der Waals surface area contributed by atoms with E-state index in [2.05, 4.69) is 0 Å². The fourth-order valence-electron chi connectivity index (χ4n) is 3.87. The topological polar surface area (TPSA) is 87.2 Å². The number of piperazine rings is 1. The van der Waals surface area contributed by atoms with Gasteiger partial charge in [0.05, 0.1) is 5.92 Å². The van der Waals surface area contributed by atoms with Gasteiger partial charge in [0.2, 0.25) is 15.9 Å². The summed E-state index contributed by atoms with van der Waals surface area (Å²) in [4.78, 5) is 28.2. The van der Waals surface area contributed by atoms with Crippen LogP contribution in [0.2, 0.25) is 0 Å². The van der Waals surface area contributed by atoms with Gasteiger partial charge in [-0.3, -0.25) is 4.79 Å². The van der Waals surface area contributed by atoms with Crippen molar-refractivity contribution >= 4 is 22.0 Å². The molecule has 2 amide bonds. The van der Waals surface area contributed by atoms with Crippen LogP contribution in [0.4, 0.5) is 9.18 Å². The molecule has 1 atom stereocenters. The van der Waals surface area contributed by atoms with E-state index in [0.717, 1.165) is 6.07 Å². The molecule has 0 bridgehead atoms. The minimum Gasteiger partial charge on any atom is -0.444 e. The van der Waals surface area contributed by atoms with Gasteiger partial charge in [0.1, 0.15) is 16.3 Å². The molecule has 0 radical (unpaired) electrons. The minimum absolute atomic E-state index is 0.0869. The number of rotatable bonds is 3. The van der Waals surface area contributed by atoms with Crippen LogP contribution in [0, 0.1) is 11.7 Å². The Kier molecular flexibility index (Phi) is 6.90. The van der Waals surface area contributed by atoms with Crippen LogP contribution in [0.1, 0.15) is 33.6 Å². The van der Waals surface area contributed by atoms with Crippen molar-refractivity contribution in [3.63, 3.8) is 0 Å². The van der Waals surface area contributed by atoms with E-state index in [4.69, 9.17) is 4.74 Å². The van der Waals surface area contributed by atoms with Gasteiger partial charge in [-0.2, -0.15) is 4.31 Å². The molecule has 0 aliphatic carbocycles. The fourth-order valence-corrected chi connectivity index (χ4v) is 5.36. The molecule has 1 aromatic carbocycles. The minimum atomic E-state index is -3.95. The molecule has 1 aromatic rings. The van der Waals surface area contributed by atoms with Gasteiger partial charge in [0, 0.05) is 39.3 Å². The number of carbonyl (C=O) groups is 2. The molecule has 2 heterocycles. The molecule has 0 N–H and O–H groups in total. The second kappa shape index (κ2) is 9.12. The molecule has 0 saturated carbocycles. The van der Waals surface area contributed by atoms with Gasteiger partial charge in [-0.05, 0) is 45.7 Å². The number of piperidine rings is 1. The van der Waals surface area contributed by atoms with E-state index in [1.807, 2.05) is 0 Å². The molecule has 2 fully saturated rings. The average molecular weight is 456 g/mol. The Balaban J connectivity index is 1.59. The molecule has 3 rings (SSSR count). The second-order valence-corrected chi connectivity index (χ2v) is 10.8. The first-order valence-corrected chi connectivity index (χ1v) is 11.9. The van der Waals surface area contributed by atoms with Gasteiger partial charge in [0.25, 0.3) is 0 Å². The Morgan fingerprint density at radius 3 is 2.29 bits per heavy atom. The summed E-state index contributed by atoms with van der Waals surface area (Å²) in [5, 5.41) is 0. The predicted molar refractivity (Wildman–Crippen MR) is 112 cm³/mol. The largest absolute Gasteiger partial charge is 0.444 e. The van der Waals surface area contributed by atoms with Crippen molar-refractivity contribution in [1.82, 2.24) is 14.1 Å². The zero-order valence-corrected chi connectivity index (χ0v) is 19.0. The van der Waals surface area contributed by atoms with Gasteiger partial charge in [0.15, 0.2) is 0 Å². The van der Waals surface area contributed by atoms with E-state index in [0.29, 0.717) is 25.9 Å². The van der Waals surface area contributed by atoms with E-state index in [9.17, 15) is 22.4 Å². The number of nitrogens with zero attached hydrogens (tertiary/aromatic N) is 3. The summed E-state index contributed by atoms with van der Waals surface area (Å²) in [7, 11) is -3.95. The van der Waals surface area contributed by atoms with Crippen molar-refractivity contribution in [3.05, 3.63) is 30.1 Å². The van der Waals surface area contributed by atoms with Crippen LogP contribution in [-0.4, -0.2) is 79.4 Å². The highest BCUT2D eigenvalue weighted by molar-refractivity contribution is 7.89. The lowest BCUT2D eigenvalue weighted by molar-refractivity contribution is -0.138. The average Bonchev–Trinajstić information content (AvgIpc) is 2.72. The Morgan fingerprint density at radius 1 is 1.03 bits per heavy atom. The van der Waals surface area contributed by atoms with Crippen LogP contribution >= 0.6 is 0 Å². The number of carbonyl (C=O) groups excluding carboxylic acids is 2. The zero-order chi connectivity index (χ0) is 22.8. The molecule has 0 unspecified atom stereocenters. The highest BCUT2D eigenvalue weighted by Gasteiger charge is 2.36. The standard InChI is InChI=1S/C21H30FN3O5S/c1-21(2,3)30-20(27)24-10-6-7-16(15-24)19(26)23-11-13-25(14-12-23)31(28,29)18-9-5-4-8-17(18)22/h4-5,8-9,16H,6-7,10-15H2,1-3H3/t16-/m1/s1. The van der Waals surface area contributed by atoms with Crippen molar-refractivity contribution in [2.45, 2.75) is 44.1 Å². The molecule has 0 spiro atoms. The van der Waals surface area contributed by atoms with Gasteiger partial charge in [-0.15, -0.1) is 0 Å². The van der Waals surface area contributed by atoms with E-state index >= 15 is 0 Å². The molecule has 2 saturated heterocycles. The van der Waals surface area contributed by atoms with Crippen LogP contribution in [0.5, 0.6) is 0 Å². The van der Waals surface area contributed by atoms with Crippen molar-refractivity contribution < 1.29 is 27.1 Å². The summed E-state index contributed by atoms with van der Waals surface area (Å²) in [5.74, 6) is -1.21. The molecule has 0 aromatic heterocycles. The fraction of sp³-hybridized carbons (Fsp3) is 0.619. The number of ether oxygens (including phenoxy) is 1. The number of sulfonamides is 1. The number of hydrogen-bond acceptors (Lipinski definition) is 5. The van der Waals surface area contributed by atoms with Crippen LogP contribution in [0.3, 0.4) is 0 Å². The highest BCUT2D eigenvalue weighted by Crippen LogP contribution is 2.24. The van der Waals surface area contributed by atoms with Crippen molar-refractivity contribution in [1.29, 1.82) is 0 Å². The highest BCUT2D eigenvalue weighted by atomic mass is 32.2. The van der Waals surface area contributed by atoms with E-state index in [1.165, 1.54) is 22.5 Å². The number of likely N-dealkylation sites (tertiary alicyclic amines) is 1. The molecule has 8 nitrogen and oxygen atoms in total. The monoisotopic (exact) mass is 455 g/mol. The third kappa shape index (κ3) is 5.54. The molecule has 172 valence electrons. The maximum absolute atomic E-state index is 14.0. The quantitative estimate of drug-likeness (QED) is 0.698. The summed E-state index contributed by atoms with van der Waals surface area (Å²) in [6.07, 6.45) is 0.953. The summed E-state index contributed by atoms with van der Waals surface area (Å²) >= 11 is 0. The molecule has 2 aliphatic rings. The summed E-state index contributed by atoms with van der Waals surface area (Å²) < 4.78 is 46.1. The van der Waals surface area contributed by atoms with E-state index < -0.39 is 27.5 Å². The maximum atomic E-state index is 14.0. The van der Waals surface area contributed by atoms with Crippen LogP contribution in [-0.2, 0) is 19.6 Å². The van der Waals surface area contributed by atoms with Crippen molar-refractivity contribution in [2.24, 2.45) is 5.92 Å². The third-order valence-corrected chi connectivity index (χ3v) is 7.36. The molecule has 10 heteroatoms. The Labute approximate surface area is 183 Å². The van der Waals surface area contributed by atoms with Crippen LogP contribution < -0.4 is 0 Å². The first-order chi connectivity index (χ1) is 14.5. The summed E-state index contributed by atoms with van der Waals surface area (Å²) in [6.45, 7) is 6.90. The lowest BCUT2D eigenvalue weighted by Crippen LogP contribution is -2.54. The van der Waals surface area contributed by atoms with Gasteiger partial charge >= 0.3 is 6.09 Å². The molecular weight excluding hydrogens is 425 g/mol. The third-order valence-electron chi connectivity index (χ3n) is 5.43. The molecule has 2 aliphatic heterocycles. The Hall–Kier alpha value is -2.20. The maximum Gasteiger partial charge on any atom is 0.410 e. The lowest BCUT2D eigenvalue weighted by atomic mass is 9.96. The van der Waals surface area contributed by atoms with Gasteiger partial charge in [-0.25, -0.2) is 17.6 Å². The SMILES string of the molecule is CC(C)(C)OC(=O)N1CCC[C@@H](C(=O)N2CCN(S(=O)(=O)c3ccccc3F)CC2)C1. The van der Waals surface area contributed by atoms with Gasteiger partial charge in [-0.1, -0.05) is 12.1 Å². The van der Waals surface area contributed by atoms with Gasteiger partial charge < -0.3 is 14.5 Å². The first-order valence-electron chi connectivity index (χ1n) is 10.5. The summed E-state index contributed by atoms with van der Waals surface area (Å²) in [6, 6.07) is 5.28. The normalized spacial score (nSPS) is 21.1. The second-order valence-electron chi connectivity index (χ2n) is 8.93. The summed E-state index contributed by atoms with van der Waals surface area (Å²) in [5.41, 5.74) is -0.603. The first kappa shape index (κ1) is 23.5. The molecular formula is C21H30FN3O5S. The van der Waals surface area contributed by atoms with Crippen LogP contribution in [0.15, 0.2) is 29.2 Å². The number of amides is 2. The molecule has 31 heavy (non-hydrogen) atoms. The van der Waals surface area contributed by atoms with E-state index in [1.54, 1.807) is 30.6 Å². The number of benzene rings is 1. The predicted octanol–water partition coefficient (Wildman–Crippen LogP) is 2.31. The zero-order valence-electron chi connectivity index (χ0n) is 18.2. The van der Waals surface area contributed by atoms with Crippen LogP contribution in [0.25, 0.3) is 0 Å². The lowest BCUT2D eigenvalue weighted by Gasteiger charge is -2.38.